The number of halogens is 2. The van der Waals surface area contributed by atoms with E-state index in [-0.39, 0.29) is 5.56 Å². The molecule has 0 atom stereocenters. The van der Waals surface area contributed by atoms with E-state index in [9.17, 15) is 8.78 Å². The van der Waals surface area contributed by atoms with Crippen molar-refractivity contribution in [2.45, 2.75) is 38.0 Å². The Kier molecular flexibility index (Phi) is 3.66. The van der Waals surface area contributed by atoms with E-state index in [0.29, 0.717) is 17.0 Å². The Morgan fingerprint density at radius 2 is 1.86 bits per heavy atom. The largest absolute Gasteiger partial charge is 0.204 e. The fourth-order valence-electron chi connectivity index (χ4n) is 3.23. The van der Waals surface area contributed by atoms with Gasteiger partial charge in [-0.2, -0.15) is 8.75 Å². The van der Waals surface area contributed by atoms with Crippen molar-refractivity contribution >= 4 is 34.1 Å². The number of hydrogen-bond donors (Lipinski definition) is 0. The molecular formula is C16H14F2N2S2. The molecule has 22 heavy (non-hydrogen) atoms. The second-order valence-corrected chi connectivity index (χ2v) is 7.20. The summed E-state index contributed by atoms with van der Waals surface area (Å²) < 4.78 is 36.3. The lowest BCUT2D eigenvalue weighted by molar-refractivity contribution is 0.444. The summed E-state index contributed by atoms with van der Waals surface area (Å²) in [7, 11) is 0. The molecule has 2 aromatic heterocycles. The minimum absolute atomic E-state index is 0.260. The standard InChI is InChI=1S/C16H14F2N2S2/c17-11-7-12-16(20-22-19-12)14(15(11)18)13-6-10(8-21-13)9-4-2-1-3-5-9/h6-9H,1-5H2. The van der Waals surface area contributed by atoms with Gasteiger partial charge in [-0.15, -0.1) is 11.3 Å². The van der Waals surface area contributed by atoms with Gasteiger partial charge in [0.1, 0.15) is 11.0 Å². The van der Waals surface area contributed by atoms with E-state index in [4.69, 9.17) is 0 Å². The highest BCUT2D eigenvalue weighted by molar-refractivity contribution is 7.13. The van der Waals surface area contributed by atoms with Crippen molar-refractivity contribution in [2.75, 3.05) is 0 Å². The smallest absolute Gasteiger partial charge is 0.169 e. The Bertz CT molecular complexity index is 819. The summed E-state index contributed by atoms with van der Waals surface area (Å²) in [6, 6.07) is 3.13. The maximum atomic E-state index is 14.3. The maximum absolute atomic E-state index is 14.3. The lowest BCUT2D eigenvalue weighted by atomic mass is 9.85. The minimum Gasteiger partial charge on any atom is -0.204 e. The maximum Gasteiger partial charge on any atom is 0.169 e. The van der Waals surface area contributed by atoms with Gasteiger partial charge in [0.25, 0.3) is 0 Å². The van der Waals surface area contributed by atoms with E-state index in [1.54, 1.807) is 0 Å². The van der Waals surface area contributed by atoms with Gasteiger partial charge in [-0.1, -0.05) is 19.3 Å². The first kappa shape index (κ1) is 14.2. The number of fused-ring (bicyclic) bond motifs is 1. The van der Waals surface area contributed by atoms with Crippen LogP contribution in [-0.4, -0.2) is 8.75 Å². The molecule has 1 fully saturated rings. The molecule has 0 N–H and O–H groups in total. The summed E-state index contributed by atoms with van der Waals surface area (Å²) in [6.07, 6.45) is 6.19. The van der Waals surface area contributed by atoms with Gasteiger partial charge < -0.3 is 0 Å². The molecule has 0 radical (unpaired) electrons. The van der Waals surface area contributed by atoms with Crippen LogP contribution in [0.5, 0.6) is 0 Å². The molecule has 0 unspecified atom stereocenters. The van der Waals surface area contributed by atoms with Gasteiger partial charge in [0.2, 0.25) is 0 Å². The average molecular weight is 336 g/mol. The third-order valence-electron chi connectivity index (χ3n) is 4.39. The minimum atomic E-state index is -0.859. The fraction of sp³-hybridized carbons (Fsp3) is 0.375. The quantitative estimate of drug-likeness (QED) is 0.596. The number of benzene rings is 1. The van der Waals surface area contributed by atoms with Gasteiger partial charge in [0, 0.05) is 10.9 Å². The molecule has 1 aromatic carbocycles. The third-order valence-corrected chi connectivity index (χ3v) is 5.89. The van der Waals surface area contributed by atoms with E-state index in [1.807, 2.05) is 6.07 Å². The van der Waals surface area contributed by atoms with Crippen molar-refractivity contribution in [3.05, 3.63) is 34.7 Å². The molecule has 0 amide bonds. The van der Waals surface area contributed by atoms with E-state index in [1.165, 1.54) is 49.0 Å². The van der Waals surface area contributed by atoms with E-state index >= 15 is 0 Å². The van der Waals surface area contributed by atoms with E-state index in [2.05, 4.69) is 14.1 Å². The lowest BCUT2D eigenvalue weighted by Gasteiger charge is -2.20. The first-order valence-corrected chi connectivity index (χ1v) is 9.04. The zero-order valence-corrected chi connectivity index (χ0v) is 13.4. The summed E-state index contributed by atoms with van der Waals surface area (Å²) in [5.74, 6) is -1.13. The Balaban J connectivity index is 1.80. The zero-order valence-electron chi connectivity index (χ0n) is 11.8. The summed E-state index contributed by atoms with van der Waals surface area (Å²) in [5.41, 5.74) is 2.39. The molecule has 0 saturated heterocycles. The highest BCUT2D eigenvalue weighted by atomic mass is 32.1. The molecule has 1 aliphatic carbocycles. The Morgan fingerprint density at radius 1 is 1.05 bits per heavy atom. The SMILES string of the molecule is Fc1cc2nsnc2c(-c2cc(C3CCCCC3)cs2)c1F. The van der Waals surface area contributed by atoms with Crippen LogP contribution >= 0.6 is 23.1 Å². The van der Waals surface area contributed by atoms with Crippen LogP contribution in [0.3, 0.4) is 0 Å². The van der Waals surface area contributed by atoms with Crippen molar-refractivity contribution in [2.24, 2.45) is 0 Å². The monoisotopic (exact) mass is 336 g/mol. The molecule has 4 rings (SSSR count). The molecule has 0 bridgehead atoms. The number of thiophene rings is 1. The van der Waals surface area contributed by atoms with Gasteiger partial charge in [-0.05, 0) is 35.8 Å². The predicted molar refractivity (Wildman–Crippen MR) is 86.5 cm³/mol. The van der Waals surface area contributed by atoms with E-state index in [0.717, 1.165) is 22.7 Å². The molecule has 6 heteroatoms. The molecule has 1 saturated carbocycles. The van der Waals surface area contributed by atoms with Crippen LogP contribution < -0.4 is 0 Å². The highest BCUT2D eigenvalue weighted by Crippen LogP contribution is 2.40. The Morgan fingerprint density at radius 3 is 2.68 bits per heavy atom. The molecule has 0 aliphatic heterocycles. The second kappa shape index (κ2) is 5.66. The van der Waals surface area contributed by atoms with Crippen molar-refractivity contribution < 1.29 is 8.78 Å². The van der Waals surface area contributed by atoms with Crippen molar-refractivity contribution in [3.8, 4) is 10.4 Å². The van der Waals surface area contributed by atoms with Crippen LogP contribution in [-0.2, 0) is 0 Å². The summed E-state index contributed by atoms with van der Waals surface area (Å²) >= 11 is 2.45. The normalized spacial score (nSPS) is 16.5. The second-order valence-electron chi connectivity index (χ2n) is 5.76. The number of hydrogen-bond acceptors (Lipinski definition) is 4. The van der Waals surface area contributed by atoms with Crippen LogP contribution in [0, 0.1) is 11.6 Å². The van der Waals surface area contributed by atoms with Crippen molar-refractivity contribution in [3.63, 3.8) is 0 Å². The van der Waals surface area contributed by atoms with Crippen LogP contribution in [0.25, 0.3) is 21.5 Å². The Hall–Kier alpha value is -1.40. The summed E-state index contributed by atoms with van der Waals surface area (Å²) in [5, 5.41) is 2.08. The van der Waals surface area contributed by atoms with Crippen LogP contribution in [0.1, 0.15) is 43.6 Å². The highest BCUT2D eigenvalue weighted by Gasteiger charge is 2.22. The van der Waals surface area contributed by atoms with Gasteiger partial charge in [0.05, 0.1) is 17.3 Å². The molecule has 1 aliphatic rings. The summed E-state index contributed by atoms with van der Waals surface area (Å²) in [6.45, 7) is 0. The van der Waals surface area contributed by atoms with Crippen molar-refractivity contribution in [1.29, 1.82) is 0 Å². The van der Waals surface area contributed by atoms with Crippen LogP contribution in [0.4, 0.5) is 8.78 Å². The first-order chi connectivity index (χ1) is 10.7. The molecule has 3 aromatic rings. The number of aromatic nitrogens is 2. The van der Waals surface area contributed by atoms with Crippen LogP contribution in [0.2, 0.25) is 0 Å². The molecule has 0 spiro atoms. The molecule has 114 valence electrons. The fourth-order valence-corrected chi connectivity index (χ4v) is 4.79. The lowest BCUT2D eigenvalue weighted by Crippen LogP contribution is -2.02. The predicted octanol–water partition coefficient (Wildman–Crippen LogP) is 5.75. The van der Waals surface area contributed by atoms with Crippen molar-refractivity contribution in [1.82, 2.24) is 8.75 Å². The molecule has 2 heterocycles. The van der Waals surface area contributed by atoms with E-state index < -0.39 is 11.6 Å². The summed E-state index contributed by atoms with van der Waals surface area (Å²) in [4.78, 5) is 0.746. The number of nitrogens with zero attached hydrogens (tertiary/aromatic N) is 2. The van der Waals surface area contributed by atoms with Gasteiger partial charge in [-0.3, -0.25) is 0 Å². The number of rotatable bonds is 2. The molecular weight excluding hydrogens is 322 g/mol. The molecule has 2 nitrogen and oxygen atoms in total. The topological polar surface area (TPSA) is 25.8 Å². The third kappa shape index (κ3) is 2.34. The van der Waals surface area contributed by atoms with Crippen LogP contribution in [0.15, 0.2) is 17.5 Å². The zero-order chi connectivity index (χ0) is 15.1. The van der Waals surface area contributed by atoms with Gasteiger partial charge in [0.15, 0.2) is 11.6 Å². The van der Waals surface area contributed by atoms with Gasteiger partial charge >= 0.3 is 0 Å². The average Bonchev–Trinajstić information content (AvgIpc) is 3.18. The van der Waals surface area contributed by atoms with Gasteiger partial charge in [-0.25, -0.2) is 8.78 Å². The Labute approximate surface area is 135 Å². The first-order valence-electron chi connectivity index (χ1n) is 7.43.